The van der Waals surface area contributed by atoms with Crippen molar-refractivity contribution in [3.05, 3.63) is 29.5 Å². The Morgan fingerprint density at radius 3 is 2.83 bits per heavy atom. The first-order valence-electron chi connectivity index (χ1n) is 9.96. The highest BCUT2D eigenvalue weighted by atomic mass is 16.5. The van der Waals surface area contributed by atoms with Crippen molar-refractivity contribution >= 4 is 28.7 Å². The van der Waals surface area contributed by atoms with Gasteiger partial charge in [0.1, 0.15) is 11.8 Å². The molecule has 2 aromatic rings. The number of carbonyl (C=O) groups excluding carboxylic acids is 3. The first-order valence-corrected chi connectivity index (χ1v) is 9.96. The highest BCUT2D eigenvalue weighted by molar-refractivity contribution is 6.11. The number of ether oxygens (including phenoxy) is 1. The molecule has 0 unspecified atom stereocenters. The van der Waals surface area contributed by atoms with E-state index in [1.165, 1.54) is 0 Å². The van der Waals surface area contributed by atoms with Gasteiger partial charge in [-0.3, -0.25) is 9.59 Å². The molecule has 2 N–H and O–H groups in total. The Morgan fingerprint density at radius 1 is 1.38 bits per heavy atom. The lowest BCUT2D eigenvalue weighted by Crippen LogP contribution is -2.50. The molecule has 1 saturated heterocycles. The van der Waals surface area contributed by atoms with Crippen LogP contribution >= 0.6 is 0 Å². The van der Waals surface area contributed by atoms with Crippen molar-refractivity contribution in [2.24, 2.45) is 0 Å². The predicted octanol–water partition coefficient (Wildman–Crippen LogP) is 2.13. The first kappa shape index (κ1) is 19.3. The molecule has 8 nitrogen and oxygen atoms in total. The average molecular weight is 398 g/mol. The third-order valence-electron chi connectivity index (χ3n) is 6.11. The van der Waals surface area contributed by atoms with Gasteiger partial charge in [0.2, 0.25) is 5.91 Å². The second-order valence-corrected chi connectivity index (χ2v) is 7.79. The predicted molar refractivity (Wildman–Crippen MR) is 108 cm³/mol. The Balaban J connectivity index is 1.76. The lowest BCUT2D eigenvalue weighted by molar-refractivity contribution is -0.139. The summed E-state index contributed by atoms with van der Waals surface area (Å²) in [6, 6.07) is 4.44. The van der Waals surface area contributed by atoms with E-state index < -0.39 is 17.6 Å². The number of benzene rings is 1. The molecule has 1 fully saturated rings. The minimum absolute atomic E-state index is 0.321. The van der Waals surface area contributed by atoms with E-state index in [9.17, 15) is 14.4 Å². The van der Waals surface area contributed by atoms with Gasteiger partial charge in [0.25, 0.3) is 5.91 Å². The van der Waals surface area contributed by atoms with E-state index in [4.69, 9.17) is 4.74 Å². The molecule has 4 amide bonds. The normalized spacial score (nSPS) is 21.9. The molecule has 3 heterocycles. The standard InChI is InChI=1S/C21H26N4O4/c1-5-9-22-18(26)12(2)25-19(27)21(3)17-14(8-10-24(21)20(25)28)15-11-13(29-4)6-7-16(15)23-17/h6-7,11-12,23H,5,8-10H2,1-4H3,(H,22,26)/t12-,21-/m0/s1. The second kappa shape index (κ2) is 6.79. The van der Waals surface area contributed by atoms with Gasteiger partial charge < -0.3 is 19.9 Å². The van der Waals surface area contributed by atoms with Gasteiger partial charge in [0, 0.05) is 24.0 Å². The van der Waals surface area contributed by atoms with E-state index in [1.807, 2.05) is 25.1 Å². The molecule has 154 valence electrons. The minimum Gasteiger partial charge on any atom is -0.497 e. The van der Waals surface area contributed by atoms with Gasteiger partial charge in [-0.25, -0.2) is 9.69 Å². The zero-order valence-electron chi connectivity index (χ0n) is 17.2. The Bertz CT molecular complexity index is 1010. The number of nitrogens with zero attached hydrogens (tertiary/aromatic N) is 2. The molecule has 0 bridgehead atoms. The summed E-state index contributed by atoms with van der Waals surface area (Å²) in [6.07, 6.45) is 1.41. The third kappa shape index (κ3) is 2.62. The van der Waals surface area contributed by atoms with Gasteiger partial charge in [-0.1, -0.05) is 6.92 Å². The number of imide groups is 1. The fraction of sp³-hybridized carbons (Fsp3) is 0.476. The van der Waals surface area contributed by atoms with Crippen LogP contribution in [0.5, 0.6) is 5.75 Å². The van der Waals surface area contributed by atoms with Crippen molar-refractivity contribution in [2.45, 2.75) is 45.2 Å². The largest absolute Gasteiger partial charge is 0.497 e. The van der Waals surface area contributed by atoms with Gasteiger partial charge in [-0.15, -0.1) is 0 Å². The monoisotopic (exact) mass is 398 g/mol. The van der Waals surface area contributed by atoms with Crippen LogP contribution in [0.15, 0.2) is 18.2 Å². The van der Waals surface area contributed by atoms with Crippen LogP contribution in [0.1, 0.15) is 38.4 Å². The zero-order chi connectivity index (χ0) is 20.9. The second-order valence-electron chi connectivity index (χ2n) is 7.79. The summed E-state index contributed by atoms with van der Waals surface area (Å²) < 4.78 is 5.34. The number of urea groups is 1. The van der Waals surface area contributed by atoms with Crippen LogP contribution in [0, 0.1) is 0 Å². The summed E-state index contributed by atoms with van der Waals surface area (Å²) in [7, 11) is 1.62. The molecule has 0 spiro atoms. The SMILES string of the molecule is CCCNC(=O)[C@H](C)N1C(=O)N2CCc3c([nH]c4ccc(OC)cc34)[C@@]2(C)C1=O. The van der Waals surface area contributed by atoms with Crippen LogP contribution in [0.2, 0.25) is 0 Å². The average Bonchev–Trinajstić information content (AvgIpc) is 3.19. The summed E-state index contributed by atoms with van der Waals surface area (Å²) in [5, 5.41) is 3.77. The number of hydrogen-bond acceptors (Lipinski definition) is 4. The van der Waals surface area contributed by atoms with Crippen molar-refractivity contribution in [3.63, 3.8) is 0 Å². The molecular formula is C21H26N4O4. The maximum absolute atomic E-state index is 13.5. The van der Waals surface area contributed by atoms with Crippen LogP contribution < -0.4 is 10.1 Å². The number of methoxy groups -OCH3 is 1. The number of H-pyrrole nitrogens is 1. The van der Waals surface area contributed by atoms with E-state index in [0.29, 0.717) is 25.2 Å². The van der Waals surface area contributed by atoms with Crippen molar-refractivity contribution in [2.75, 3.05) is 20.2 Å². The topological polar surface area (TPSA) is 94.7 Å². The maximum Gasteiger partial charge on any atom is 0.328 e. The number of nitrogens with one attached hydrogen (secondary N) is 2. The molecule has 2 aliphatic heterocycles. The lowest BCUT2D eigenvalue weighted by atomic mass is 9.87. The molecule has 0 aliphatic carbocycles. The van der Waals surface area contributed by atoms with Crippen LogP contribution in [-0.4, -0.2) is 58.9 Å². The Labute approximate surface area is 169 Å². The van der Waals surface area contributed by atoms with Gasteiger partial charge in [0.15, 0.2) is 5.54 Å². The number of aromatic amines is 1. The quantitative estimate of drug-likeness (QED) is 0.755. The van der Waals surface area contributed by atoms with Gasteiger partial charge in [-0.05, 0) is 50.5 Å². The molecule has 1 aromatic heterocycles. The molecule has 0 radical (unpaired) electrons. The van der Waals surface area contributed by atoms with Gasteiger partial charge in [0.05, 0.1) is 12.8 Å². The fourth-order valence-corrected chi connectivity index (χ4v) is 4.43. The van der Waals surface area contributed by atoms with Crippen LogP contribution in [0.25, 0.3) is 10.9 Å². The third-order valence-corrected chi connectivity index (χ3v) is 6.11. The molecular weight excluding hydrogens is 372 g/mol. The Hall–Kier alpha value is -3.03. The van der Waals surface area contributed by atoms with Crippen molar-refractivity contribution < 1.29 is 19.1 Å². The van der Waals surface area contributed by atoms with Crippen molar-refractivity contribution in [3.8, 4) is 5.75 Å². The number of fused-ring (bicyclic) bond motifs is 5. The maximum atomic E-state index is 13.5. The highest BCUT2D eigenvalue weighted by Gasteiger charge is 2.60. The van der Waals surface area contributed by atoms with Crippen LogP contribution in [0.4, 0.5) is 4.79 Å². The summed E-state index contributed by atoms with van der Waals surface area (Å²) in [5.74, 6) is 0.0447. The molecule has 2 atom stereocenters. The van der Waals surface area contributed by atoms with Gasteiger partial charge in [-0.2, -0.15) is 0 Å². The summed E-state index contributed by atoms with van der Waals surface area (Å²) in [4.78, 5) is 45.1. The Morgan fingerprint density at radius 2 is 2.14 bits per heavy atom. The van der Waals surface area contributed by atoms with Crippen molar-refractivity contribution in [1.29, 1.82) is 0 Å². The number of aromatic nitrogens is 1. The molecule has 2 aliphatic rings. The summed E-state index contributed by atoms with van der Waals surface area (Å²) in [6.45, 7) is 6.23. The number of amides is 4. The highest BCUT2D eigenvalue weighted by Crippen LogP contribution is 2.45. The van der Waals surface area contributed by atoms with Crippen molar-refractivity contribution in [1.82, 2.24) is 20.1 Å². The molecule has 29 heavy (non-hydrogen) atoms. The minimum atomic E-state index is -1.16. The van der Waals surface area contributed by atoms with E-state index in [2.05, 4.69) is 10.3 Å². The lowest BCUT2D eigenvalue weighted by Gasteiger charge is -2.36. The molecule has 1 aromatic carbocycles. The molecule has 4 rings (SSSR count). The summed E-state index contributed by atoms with van der Waals surface area (Å²) >= 11 is 0. The number of carbonyl (C=O) groups is 3. The fourth-order valence-electron chi connectivity index (χ4n) is 4.43. The molecule has 0 saturated carbocycles. The van der Waals surface area contributed by atoms with Crippen LogP contribution in [-0.2, 0) is 21.5 Å². The van der Waals surface area contributed by atoms with E-state index in [-0.39, 0.29) is 11.8 Å². The van der Waals surface area contributed by atoms with Crippen LogP contribution in [0.3, 0.4) is 0 Å². The summed E-state index contributed by atoms with van der Waals surface area (Å²) in [5.41, 5.74) is 1.47. The zero-order valence-corrected chi connectivity index (χ0v) is 17.2. The van der Waals surface area contributed by atoms with E-state index in [1.54, 1.807) is 25.9 Å². The smallest absolute Gasteiger partial charge is 0.328 e. The van der Waals surface area contributed by atoms with Gasteiger partial charge >= 0.3 is 6.03 Å². The number of hydrogen-bond donors (Lipinski definition) is 2. The van der Waals surface area contributed by atoms with E-state index >= 15 is 0 Å². The Kier molecular flexibility index (Phi) is 4.52. The van der Waals surface area contributed by atoms with E-state index in [0.717, 1.165) is 33.5 Å². The number of rotatable bonds is 5. The first-order chi connectivity index (χ1) is 13.8. The molecule has 8 heteroatoms.